The molecule has 4 aromatic rings. The molecule has 0 unspecified atom stereocenters. The average molecular weight is 569 g/mol. The fraction of sp³-hybridized carbons (Fsp3) is 0.235. The number of ether oxygens (including phenoxy) is 2. The summed E-state index contributed by atoms with van der Waals surface area (Å²) in [6.07, 6.45) is -3.96. The third-order valence-electron chi connectivity index (χ3n) is 6.80. The van der Waals surface area contributed by atoms with Crippen molar-refractivity contribution in [2.24, 2.45) is 0 Å². The highest BCUT2D eigenvalue weighted by Crippen LogP contribution is 2.16. The average Bonchev–Trinajstić information content (AvgIpc) is 3.03. The van der Waals surface area contributed by atoms with Crippen LogP contribution in [0.5, 0.6) is 0 Å². The van der Waals surface area contributed by atoms with E-state index in [-0.39, 0.29) is 26.1 Å². The molecule has 0 aromatic heterocycles. The summed E-state index contributed by atoms with van der Waals surface area (Å²) in [5.74, 6) is 0. The summed E-state index contributed by atoms with van der Waals surface area (Å²) in [5.41, 5.74) is 3.31. The van der Waals surface area contributed by atoms with Crippen LogP contribution in [0, 0.1) is 0 Å². The van der Waals surface area contributed by atoms with Crippen LogP contribution in [0.2, 0.25) is 0 Å². The lowest BCUT2D eigenvalue weighted by molar-refractivity contribution is -0.0240. The zero-order chi connectivity index (χ0) is 29.6. The van der Waals surface area contributed by atoms with Gasteiger partial charge in [-0.3, -0.25) is 0 Å². The highest BCUT2D eigenvalue weighted by Gasteiger charge is 2.35. The summed E-state index contributed by atoms with van der Waals surface area (Å²) < 4.78 is 10.8. The van der Waals surface area contributed by atoms with Gasteiger partial charge in [-0.05, 0) is 35.1 Å². The quantitative estimate of drug-likeness (QED) is 0.184. The number of alkyl carbamates (subject to hydrolysis) is 2. The second-order valence-corrected chi connectivity index (χ2v) is 9.99. The second-order valence-electron chi connectivity index (χ2n) is 9.99. The largest absolute Gasteiger partial charge is 0.445 e. The first-order valence-corrected chi connectivity index (χ1v) is 13.9. The van der Waals surface area contributed by atoms with Gasteiger partial charge in [-0.2, -0.15) is 0 Å². The smallest absolute Gasteiger partial charge is 0.407 e. The van der Waals surface area contributed by atoms with Crippen LogP contribution in [0.3, 0.4) is 0 Å². The lowest BCUT2D eigenvalue weighted by atomic mass is 9.91. The fourth-order valence-electron chi connectivity index (χ4n) is 4.56. The maximum atomic E-state index is 12.8. The number of amides is 2. The van der Waals surface area contributed by atoms with Crippen LogP contribution in [0.4, 0.5) is 9.59 Å². The molecule has 0 bridgehead atoms. The van der Waals surface area contributed by atoms with Crippen molar-refractivity contribution in [3.05, 3.63) is 144 Å². The predicted molar refractivity (Wildman–Crippen MR) is 159 cm³/mol. The van der Waals surface area contributed by atoms with E-state index >= 15 is 0 Å². The number of carbonyl (C=O) groups excluding carboxylic acids is 2. The van der Waals surface area contributed by atoms with E-state index in [0.717, 1.165) is 22.3 Å². The Balaban J connectivity index is 1.48. The van der Waals surface area contributed by atoms with Gasteiger partial charge in [-0.1, -0.05) is 121 Å². The van der Waals surface area contributed by atoms with E-state index in [2.05, 4.69) is 10.6 Å². The highest BCUT2D eigenvalue weighted by atomic mass is 16.6. The van der Waals surface area contributed by atoms with Gasteiger partial charge < -0.3 is 30.3 Å². The van der Waals surface area contributed by atoms with Crippen LogP contribution in [-0.2, 0) is 35.5 Å². The molecule has 0 aliphatic heterocycles. The molecule has 0 spiro atoms. The van der Waals surface area contributed by atoms with E-state index in [1.54, 1.807) is 0 Å². The van der Waals surface area contributed by atoms with Gasteiger partial charge in [0.1, 0.15) is 25.4 Å². The van der Waals surface area contributed by atoms with Gasteiger partial charge in [0.15, 0.2) is 0 Å². The molecular formula is C34H36N2O6. The van der Waals surface area contributed by atoms with Crippen molar-refractivity contribution in [2.75, 3.05) is 0 Å². The molecule has 8 nitrogen and oxygen atoms in total. The monoisotopic (exact) mass is 568 g/mol. The van der Waals surface area contributed by atoms with Crippen LogP contribution >= 0.6 is 0 Å². The molecule has 0 saturated carbocycles. The van der Waals surface area contributed by atoms with Crippen molar-refractivity contribution in [3.63, 3.8) is 0 Å². The van der Waals surface area contributed by atoms with Gasteiger partial charge in [0.05, 0.1) is 12.1 Å². The summed E-state index contributed by atoms with van der Waals surface area (Å²) in [6, 6.07) is 35.2. The summed E-state index contributed by atoms with van der Waals surface area (Å²) in [4.78, 5) is 25.6. The van der Waals surface area contributed by atoms with Gasteiger partial charge in [0, 0.05) is 0 Å². The molecule has 4 aromatic carbocycles. The van der Waals surface area contributed by atoms with E-state index in [4.69, 9.17) is 9.47 Å². The van der Waals surface area contributed by atoms with Crippen molar-refractivity contribution in [1.82, 2.24) is 10.6 Å². The molecule has 0 heterocycles. The van der Waals surface area contributed by atoms with Crippen molar-refractivity contribution >= 4 is 12.2 Å². The molecule has 0 saturated heterocycles. The Bertz CT molecular complexity index is 1250. The molecule has 4 atom stereocenters. The maximum absolute atomic E-state index is 12.8. The number of rotatable bonds is 13. The first-order valence-electron chi connectivity index (χ1n) is 13.9. The van der Waals surface area contributed by atoms with E-state index in [1.165, 1.54) is 0 Å². The van der Waals surface area contributed by atoms with Crippen LogP contribution < -0.4 is 10.6 Å². The van der Waals surface area contributed by atoms with Gasteiger partial charge in [0.25, 0.3) is 0 Å². The Morgan fingerprint density at radius 3 is 1.10 bits per heavy atom. The Morgan fingerprint density at radius 1 is 0.500 bits per heavy atom. The first-order chi connectivity index (χ1) is 20.5. The van der Waals surface area contributed by atoms with Gasteiger partial charge in [-0.15, -0.1) is 0 Å². The maximum Gasteiger partial charge on any atom is 0.407 e. The Labute approximate surface area is 245 Å². The zero-order valence-corrected chi connectivity index (χ0v) is 23.2. The van der Waals surface area contributed by atoms with E-state index in [0.29, 0.717) is 0 Å². The Morgan fingerprint density at radius 2 is 0.786 bits per heavy atom. The second kappa shape index (κ2) is 16.0. The minimum Gasteiger partial charge on any atom is -0.445 e. The summed E-state index contributed by atoms with van der Waals surface area (Å²) in [7, 11) is 0. The zero-order valence-electron chi connectivity index (χ0n) is 23.2. The van der Waals surface area contributed by atoms with Crippen LogP contribution in [0.25, 0.3) is 0 Å². The van der Waals surface area contributed by atoms with E-state index in [9.17, 15) is 19.8 Å². The minimum absolute atomic E-state index is 0.0504. The summed E-state index contributed by atoms with van der Waals surface area (Å²) in [5, 5.41) is 28.3. The fourth-order valence-corrected chi connectivity index (χ4v) is 4.56. The SMILES string of the molecule is O=C(N[C@@H](Cc1ccccc1)[C@H](O)[C@H](O)[C@H](Cc1ccccc1)NC(=O)OCc1ccccc1)OCc1ccccc1. The number of carbonyl (C=O) groups is 2. The van der Waals surface area contributed by atoms with Gasteiger partial charge in [0.2, 0.25) is 0 Å². The van der Waals surface area contributed by atoms with Crippen LogP contribution in [0.1, 0.15) is 22.3 Å². The number of aliphatic hydroxyl groups excluding tert-OH is 2. The topological polar surface area (TPSA) is 117 Å². The van der Waals surface area contributed by atoms with Crippen molar-refractivity contribution in [3.8, 4) is 0 Å². The molecule has 0 aliphatic rings. The molecule has 0 aliphatic carbocycles. The highest BCUT2D eigenvalue weighted by molar-refractivity contribution is 5.68. The third kappa shape index (κ3) is 9.76. The normalized spacial score (nSPS) is 13.7. The Hall–Kier alpha value is -4.66. The molecular weight excluding hydrogens is 532 g/mol. The van der Waals surface area contributed by atoms with Crippen LogP contribution in [-0.4, -0.2) is 46.7 Å². The number of nitrogens with one attached hydrogen (secondary N) is 2. The molecule has 0 radical (unpaired) electrons. The minimum atomic E-state index is -1.46. The molecule has 2 amide bonds. The first kappa shape index (κ1) is 30.3. The predicted octanol–water partition coefficient (Wildman–Crippen LogP) is 4.78. The number of hydrogen-bond donors (Lipinski definition) is 4. The lowest BCUT2D eigenvalue weighted by Crippen LogP contribution is -2.57. The molecule has 4 rings (SSSR count). The van der Waals surface area contributed by atoms with Crippen molar-refractivity contribution in [1.29, 1.82) is 0 Å². The van der Waals surface area contributed by atoms with E-state index in [1.807, 2.05) is 121 Å². The molecule has 0 fully saturated rings. The third-order valence-corrected chi connectivity index (χ3v) is 6.80. The van der Waals surface area contributed by atoms with Gasteiger partial charge in [-0.25, -0.2) is 9.59 Å². The molecule has 4 N–H and O–H groups in total. The van der Waals surface area contributed by atoms with E-state index < -0.39 is 36.5 Å². The summed E-state index contributed by atoms with van der Waals surface area (Å²) >= 11 is 0. The Kier molecular flexibility index (Phi) is 11.5. The van der Waals surface area contributed by atoms with Crippen molar-refractivity contribution < 1.29 is 29.3 Å². The number of aliphatic hydroxyl groups is 2. The molecule has 8 heteroatoms. The lowest BCUT2D eigenvalue weighted by Gasteiger charge is -2.32. The van der Waals surface area contributed by atoms with Crippen molar-refractivity contribution in [2.45, 2.75) is 50.3 Å². The number of benzene rings is 4. The number of hydrogen-bond acceptors (Lipinski definition) is 6. The standard InChI is InChI=1S/C34H36N2O6/c37-31(29(21-25-13-5-1-6-14-25)35-33(39)41-23-27-17-9-3-10-18-27)32(38)30(22-26-15-7-2-8-16-26)36-34(40)42-24-28-19-11-4-12-20-28/h1-20,29-32,37-38H,21-24H2,(H,35,39)(H,36,40)/t29-,30-,31-,32+/m0/s1. The van der Waals surface area contributed by atoms with Gasteiger partial charge >= 0.3 is 12.2 Å². The summed E-state index contributed by atoms with van der Waals surface area (Å²) in [6.45, 7) is 0.101. The molecule has 42 heavy (non-hydrogen) atoms. The molecule has 218 valence electrons. The van der Waals surface area contributed by atoms with Crippen LogP contribution in [0.15, 0.2) is 121 Å².